The lowest BCUT2D eigenvalue weighted by Crippen LogP contribution is -2.43. The predicted molar refractivity (Wildman–Crippen MR) is 93.5 cm³/mol. The number of carbonyl (C=O) groups is 1. The Kier molecular flexibility index (Phi) is 5.70. The third-order valence-corrected chi connectivity index (χ3v) is 6.06. The highest BCUT2D eigenvalue weighted by molar-refractivity contribution is 8.00. The van der Waals surface area contributed by atoms with E-state index >= 15 is 0 Å². The maximum Gasteiger partial charge on any atom is 0.410 e. The first-order valence-electron chi connectivity index (χ1n) is 8.53. The molecule has 0 bridgehead atoms. The molecule has 0 spiro atoms. The van der Waals surface area contributed by atoms with E-state index in [0.717, 1.165) is 32.4 Å². The molecule has 1 N–H and O–H groups in total. The topological polar surface area (TPSA) is 41.6 Å². The van der Waals surface area contributed by atoms with E-state index in [1.807, 2.05) is 37.4 Å². The first-order valence-corrected chi connectivity index (χ1v) is 9.75. The summed E-state index contributed by atoms with van der Waals surface area (Å²) in [6, 6.07) is 0.763. The van der Waals surface area contributed by atoms with Gasteiger partial charge < -0.3 is 15.0 Å². The molecule has 0 aromatic heterocycles. The fraction of sp³-hybridized carbons (Fsp3) is 0.941. The number of rotatable bonds is 6. The minimum Gasteiger partial charge on any atom is -0.444 e. The van der Waals surface area contributed by atoms with Crippen LogP contribution >= 0.6 is 11.8 Å². The van der Waals surface area contributed by atoms with Gasteiger partial charge in [-0.05, 0) is 66.1 Å². The summed E-state index contributed by atoms with van der Waals surface area (Å²) in [5, 5.41) is 3.67. The predicted octanol–water partition coefficient (Wildman–Crippen LogP) is 3.65. The summed E-state index contributed by atoms with van der Waals surface area (Å²) in [7, 11) is 0. The number of hydrogen-bond acceptors (Lipinski definition) is 4. The molecule has 0 aromatic carbocycles. The summed E-state index contributed by atoms with van der Waals surface area (Å²) >= 11 is 1.99. The van der Waals surface area contributed by atoms with E-state index in [2.05, 4.69) is 18.5 Å². The molecule has 1 aliphatic heterocycles. The molecule has 4 nitrogen and oxygen atoms in total. The number of thioether (sulfide) groups is 1. The Labute approximate surface area is 139 Å². The monoisotopic (exact) mass is 328 g/mol. The van der Waals surface area contributed by atoms with Gasteiger partial charge in [-0.25, -0.2) is 4.79 Å². The van der Waals surface area contributed by atoms with Crippen LogP contribution in [0.5, 0.6) is 0 Å². The highest BCUT2D eigenvalue weighted by Crippen LogP contribution is 2.46. The molecule has 0 radical (unpaired) electrons. The van der Waals surface area contributed by atoms with Crippen LogP contribution in [-0.4, -0.2) is 52.8 Å². The second-order valence-corrected chi connectivity index (χ2v) is 9.15. The zero-order valence-electron chi connectivity index (χ0n) is 14.8. The van der Waals surface area contributed by atoms with E-state index in [4.69, 9.17) is 4.74 Å². The van der Waals surface area contributed by atoms with Crippen molar-refractivity contribution in [2.24, 2.45) is 0 Å². The lowest BCUT2D eigenvalue weighted by molar-refractivity contribution is 0.0214. The number of likely N-dealkylation sites (tertiary alicyclic amines) is 1. The quantitative estimate of drug-likeness (QED) is 0.808. The van der Waals surface area contributed by atoms with Gasteiger partial charge in [-0.1, -0.05) is 0 Å². The van der Waals surface area contributed by atoms with Gasteiger partial charge in [-0.3, -0.25) is 0 Å². The smallest absolute Gasteiger partial charge is 0.410 e. The van der Waals surface area contributed by atoms with Gasteiger partial charge in [0.1, 0.15) is 5.60 Å². The van der Waals surface area contributed by atoms with Crippen LogP contribution in [0.4, 0.5) is 4.79 Å². The molecular weight excluding hydrogens is 296 g/mol. The average Bonchev–Trinajstić information content (AvgIpc) is 3.06. The Bertz CT molecular complexity index is 391. The summed E-state index contributed by atoms with van der Waals surface area (Å²) in [4.78, 5) is 14.2. The number of amides is 1. The maximum atomic E-state index is 12.3. The van der Waals surface area contributed by atoms with Gasteiger partial charge in [0.2, 0.25) is 0 Å². The van der Waals surface area contributed by atoms with Gasteiger partial charge in [-0.2, -0.15) is 11.8 Å². The van der Waals surface area contributed by atoms with E-state index in [1.54, 1.807) is 0 Å². The Morgan fingerprint density at radius 1 is 1.45 bits per heavy atom. The Morgan fingerprint density at radius 2 is 2.14 bits per heavy atom. The third-order valence-electron chi connectivity index (χ3n) is 4.64. The molecule has 1 amide bonds. The molecule has 1 saturated heterocycles. The second kappa shape index (κ2) is 7.00. The Hall–Kier alpha value is -0.420. The van der Waals surface area contributed by atoms with Crippen LogP contribution in [0.25, 0.3) is 0 Å². The molecule has 2 fully saturated rings. The highest BCUT2D eigenvalue weighted by atomic mass is 32.2. The fourth-order valence-corrected chi connectivity index (χ4v) is 3.82. The molecule has 1 saturated carbocycles. The fourth-order valence-electron chi connectivity index (χ4n) is 3.09. The van der Waals surface area contributed by atoms with E-state index in [-0.39, 0.29) is 6.09 Å². The summed E-state index contributed by atoms with van der Waals surface area (Å²) in [5.74, 6) is 0. The van der Waals surface area contributed by atoms with Gasteiger partial charge in [0, 0.05) is 29.9 Å². The summed E-state index contributed by atoms with van der Waals surface area (Å²) in [6.45, 7) is 9.95. The minimum absolute atomic E-state index is 0.148. The third kappa shape index (κ3) is 5.05. The van der Waals surface area contributed by atoms with Crippen LogP contribution in [0, 0.1) is 0 Å². The van der Waals surface area contributed by atoms with Crippen molar-refractivity contribution in [3.63, 3.8) is 0 Å². The standard InChI is InChI=1S/C17H32N2O2S/c1-13(18-12-17(22-5)8-9-17)11-14-7-6-10-19(14)15(20)21-16(2,3)4/h13-14,18H,6-12H2,1-5H3. The van der Waals surface area contributed by atoms with E-state index in [1.165, 1.54) is 12.8 Å². The number of ether oxygens (including phenoxy) is 1. The molecule has 2 atom stereocenters. The van der Waals surface area contributed by atoms with Crippen molar-refractivity contribution >= 4 is 17.9 Å². The zero-order valence-corrected chi connectivity index (χ0v) is 15.6. The van der Waals surface area contributed by atoms with E-state index < -0.39 is 5.60 Å². The van der Waals surface area contributed by atoms with E-state index in [9.17, 15) is 4.79 Å². The molecule has 22 heavy (non-hydrogen) atoms. The van der Waals surface area contributed by atoms with Gasteiger partial charge in [0.25, 0.3) is 0 Å². The van der Waals surface area contributed by atoms with Crippen molar-refractivity contribution in [2.45, 2.75) is 82.2 Å². The molecule has 0 aromatic rings. The van der Waals surface area contributed by atoms with Gasteiger partial charge >= 0.3 is 6.09 Å². The van der Waals surface area contributed by atoms with Crippen molar-refractivity contribution in [3.8, 4) is 0 Å². The summed E-state index contributed by atoms with van der Waals surface area (Å²) in [6.07, 6.45) is 7.93. The molecule has 128 valence electrons. The summed E-state index contributed by atoms with van der Waals surface area (Å²) < 4.78 is 6.03. The van der Waals surface area contributed by atoms with Gasteiger partial charge in [-0.15, -0.1) is 0 Å². The van der Waals surface area contributed by atoms with Gasteiger partial charge in [0.15, 0.2) is 0 Å². The van der Waals surface area contributed by atoms with Crippen molar-refractivity contribution in [1.82, 2.24) is 10.2 Å². The Morgan fingerprint density at radius 3 is 2.68 bits per heavy atom. The Balaban J connectivity index is 1.79. The molecule has 1 heterocycles. The van der Waals surface area contributed by atoms with Gasteiger partial charge in [0.05, 0.1) is 0 Å². The number of nitrogens with one attached hydrogen (secondary N) is 1. The molecule has 2 rings (SSSR count). The molecule has 2 aliphatic rings. The number of hydrogen-bond donors (Lipinski definition) is 1. The zero-order chi connectivity index (χ0) is 16.4. The highest BCUT2D eigenvalue weighted by Gasteiger charge is 2.42. The van der Waals surface area contributed by atoms with Crippen molar-refractivity contribution in [2.75, 3.05) is 19.3 Å². The lowest BCUT2D eigenvalue weighted by Gasteiger charge is -2.30. The average molecular weight is 329 g/mol. The van der Waals surface area contributed by atoms with Crippen LogP contribution < -0.4 is 5.32 Å². The van der Waals surface area contributed by atoms with Crippen LogP contribution in [0.3, 0.4) is 0 Å². The second-order valence-electron chi connectivity index (χ2n) is 7.87. The number of carbonyl (C=O) groups excluding carboxylic acids is 1. The maximum absolute atomic E-state index is 12.3. The molecular formula is C17H32N2O2S. The van der Waals surface area contributed by atoms with E-state index in [0.29, 0.717) is 16.8 Å². The number of nitrogens with zero attached hydrogens (tertiary/aromatic N) is 1. The van der Waals surface area contributed by atoms with Crippen molar-refractivity contribution in [1.29, 1.82) is 0 Å². The normalized spacial score (nSPS) is 25.1. The molecule has 2 unspecified atom stereocenters. The SMILES string of the molecule is CSC1(CNC(C)CC2CCCN2C(=O)OC(C)(C)C)CC1. The molecule has 5 heteroatoms. The van der Waals surface area contributed by atoms with Crippen LogP contribution in [-0.2, 0) is 4.74 Å². The minimum atomic E-state index is -0.412. The van der Waals surface area contributed by atoms with Crippen molar-refractivity contribution in [3.05, 3.63) is 0 Å². The molecule has 1 aliphatic carbocycles. The van der Waals surface area contributed by atoms with Crippen molar-refractivity contribution < 1.29 is 9.53 Å². The van der Waals surface area contributed by atoms with Crippen LogP contribution in [0.1, 0.15) is 59.8 Å². The first-order chi connectivity index (χ1) is 10.2. The first kappa shape index (κ1) is 17.9. The summed E-state index contributed by atoms with van der Waals surface area (Å²) in [5.41, 5.74) is -0.412. The van der Waals surface area contributed by atoms with Crippen LogP contribution in [0.2, 0.25) is 0 Å². The largest absolute Gasteiger partial charge is 0.444 e. The van der Waals surface area contributed by atoms with Crippen LogP contribution in [0.15, 0.2) is 0 Å². The lowest BCUT2D eigenvalue weighted by atomic mass is 10.1.